The van der Waals surface area contributed by atoms with Gasteiger partial charge in [0.25, 0.3) is 0 Å². The number of rotatable bonds is 2. The number of carbonyl (C=O) groups excluding carboxylic acids is 1. The fourth-order valence-corrected chi connectivity index (χ4v) is 2.34. The molecule has 1 heterocycles. The van der Waals surface area contributed by atoms with Gasteiger partial charge in [-0.05, 0) is 33.6 Å². The van der Waals surface area contributed by atoms with Crippen LogP contribution in [0.4, 0.5) is 4.79 Å². The van der Waals surface area contributed by atoms with Crippen LogP contribution in [0.1, 0.15) is 40.5 Å². The molecule has 0 aromatic heterocycles. The van der Waals surface area contributed by atoms with E-state index in [2.05, 4.69) is 0 Å². The third-order valence-corrected chi connectivity index (χ3v) is 3.60. The third-order valence-electron chi connectivity index (χ3n) is 3.60. The number of likely N-dealkylation sites (tertiary alicyclic amines) is 1. The Morgan fingerprint density at radius 3 is 2.47 bits per heavy atom. The summed E-state index contributed by atoms with van der Waals surface area (Å²) in [7, 11) is 0. The summed E-state index contributed by atoms with van der Waals surface area (Å²) >= 11 is 0. The van der Waals surface area contributed by atoms with E-state index in [4.69, 9.17) is 10.5 Å². The van der Waals surface area contributed by atoms with Crippen molar-refractivity contribution in [1.29, 1.82) is 0 Å². The average molecular weight is 272 g/mol. The molecule has 6 nitrogen and oxygen atoms in total. The van der Waals surface area contributed by atoms with Crippen LogP contribution in [0, 0.1) is 5.41 Å². The standard InChI is InChI=1S/C13H24N2O4/c1-5-13(10(16)17)8-15(7-6-9(13)14)11(18)19-12(2,3)4/h9H,5-8,14H2,1-4H3,(H,16,17)/t9-,13+/m0/s1. The maximum atomic E-state index is 12.0. The highest BCUT2D eigenvalue weighted by Gasteiger charge is 2.48. The van der Waals surface area contributed by atoms with Gasteiger partial charge in [0.15, 0.2) is 0 Å². The van der Waals surface area contributed by atoms with Crippen LogP contribution in [-0.4, -0.2) is 46.8 Å². The van der Waals surface area contributed by atoms with Crippen LogP contribution in [-0.2, 0) is 9.53 Å². The van der Waals surface area contributed by atoms with Gasteiger partial charge in [-0.2, -0.15) is 0 Å². The first-order valence-corrected chi connectivity index (χ1v) is 6.59. The number of hydrogen-bond acceptors (Lipinski definition) is 4. The molecule has 1 amide bonds. The Hall–Kier alpha value is -1.30. The molecule has 0 spiro atoms. The van der Waals surface area contributed by atoms with E-state index < -0.39 is 29.1 Å². The molecular formula is C13H24N2O4. The second-order valence-electron chi connectivity index (χ2n) is 6.11. The zero-order valence-corrected chi connectivity index (χ0v) is 12.1. The first-order valence-electron chi connectivity index (χ1n) is 6.59. The number of carboxylic acids is 1. The summed E-state index contributed by atoms with van der Waals surface area (Å²) in [4.78, 5) is 25.0. The Balaban J connectivity index is 2.85. The summed E-state index contributed by atoms with van der Waals surface area (Å²) in [5, 5.41) is 9.43. The van der Waals surface area contributed by atoms with Gasteiger partial charge in [-0.25, -0.2) is 4.79 Å². The normalized spacial score (nSPS) is 28.1. The number of hydrogen-bond donors (Lipinski definition) is 2. The molecule has 1 fully saturated rings. The molecule has 3 N–H and O–H groups in total. The van der Waals surface area contributed by atoms with Crippen LogP contribution >= 0.6 is 0 Å². The van der Waals surface area contributed by atoms with Gasteiger partial charge in [0, 0.05) is 19.1 Å². The predicted molar refractivity (Wildman–Crippen MR) is 70.8 cm³/mol. The molecule has 6 heteroatoms. The third kappa shape index (κ3) is 3.37. The molecule has 0 unspecified atom stereocenters. The number of nitrogens with two attached hydrogens (primary N) is 1. The minimum absolute atomic E-state index is 0.106. The number of nitrogens with zero attached hydrogens (tertiary/aromatic N) is 1. The fraction of sp³-hybridized carbons (Fsp3) is 0.846. The van der Waals surface area contributed by atoms with Crippen LogP contribution in [0.5, 0.6) is 0 Å². The highest BCUT2D eigenvalue weighted by Crippen LogP contribution is 2.33. The highest BCUT2D eigenvalue weighted by atomic mass is 16.6. The maximum absolute atomic E-state index is 12.0. The second-order valence-corrected chi connectivity index (χ2v) is 6.11. The zero-order valence-electron chi connectivity index (χ0n) is 12.1. The van der Waals surface area contributed by atoms with E-state index in [9.17, 15) is 14.7 Å². The first kappa shape index (κ1) is 15.8. The van der Waals surface area contributed by atoms with Gasteiger partial charge in [-0.15, -0.1) is 0 Å². The minimum atomic E-state index is -1.07. The van der Waals surface area contributed by atoms with Gasteiger partial charge in [0.2, 0.25) is 0 Å². The van der Waals surface area contributed by atoms with E-state index in [-0.39, 0.29) is 6.54 Å². The molecule has 110 valence electrons. The lowest BCUT2D eigenvalue weighted by Crippen LogP contribution is -2.60. The van der Waals surface area contributed by atoms with E-state index >= 15 is 0 Å². The molecule has 19 heavy (non-hydrogen) atoms. The van der Waals surface area contributed by atoms with Gasteiger partial charge in [0.1, 0.15) is 11.0 Å². The molecule has 0 radical (unpaired) electrons. The SMILES string of the molecule is CC[C@@]1(C(=O)O)CN(C(=O)OC(C)(C)C)CC[C@@H]1N. The van der Waals surface area contributed by atoms with Crippen LogP contribution in [0.3, 0.4) is 0 Å². The molecular weight excluding hydrogens is 248 g/mol. The lowest BCUT2D eigenvalue weighted by Gasteiger charge is -2.43. The van der Waals surface area contributed by atoms with Gasteiger partial charge in [-0.1, -0.05) is 6.92 Å². The topological polar surface area (TPSA) is 92.9 Å². The van der Waals surface area contributed by atoms with Crippen molar-refractivity contribution in [3.05, 3.63) is 0 Å². The molecule has 0 aromatic rings. The minimum Gasteiger partial charge on any atom is -0.481 e. The van der Waals surface area contributed by atoms with Crippen LogP contribution in [0.2, 0.25) is 0 Å². The van der Waals surface area contributed by atoms with Gasteiger partial charge in [-0.3, -0.25) is 4.79 Å². The van der Waals surface area contributed by atoms with Gasteiger partial charge in [0.05, 0.1) is 0 Å². The summed E-state index contributed by atoms with van der Waals surface area (Å²) in [6, 6.07) is -0.436. The lowest BCUT2D eigenvalue weighted by atomic mass is 9.74. The molecule has 1 saturated heterocycles. The van der Waals surface area contributed by atoms with E-state index in [1.54, 1.807) is 27.7 Å². The fourth-order valence-electron chi connectivity index (χ4n) is 2.34. The average Bonchev–Trinajstić information content (AvgIpc) is 2.27. The first-order chi connectivity index (χ1) is 8.62. The largest absolute Gasteiger partial charge is 0.481 e. The summed E-state index contributed by atoms with van der Waals surface area (Å²) in [6.45, 7) is 7.67. The van der Waals surface area contributed by atoms with Crippen molar-refractivity contribution in [2.45, 2.75) is 52.2 Å². The lowest BCUT2D eigenvalue weighted by molar-refractivity contribution is -0.153. The summed E-state index contributed by atoms with van der Waals surface area (Å²) in [5.41, 5.74) is 4.29. The number of piperidine rings is 1. The van der Waals surface area contributed by atoms with Crippen molar-refractivity contribution in [2.75, 3.05) is 13.1 Å². The quantitative estimate of drug-likeness (QED) is 0.793. The van der Waals surface area contributed by atoms with Crippen LogP contribution in [0.15, 0.2) is 0 Å². The number of aliphatic carboxylic acids is 1. The van der Waals surface area contributed by atoms with Gasteiger partial charge < -0.3 is 20.5 Å². The maximum Gasteiger partial charge on any atom is 0.410 e. The summed E-state index contributed by atoms with van der Waals surface area (Å²) in [5.74, 6) is -0.948. The number of ether oxygens (including phenoxy) is 1. The molecule has 2 atom stereocenters. The number of amides is 1. The molecule has 0 saturated carbocycles. The molecule has 1 aliphatic heterocycles. The molecule has 0 bridgehead atoms. The monoisotopic (exact) mass is 272 g/mol. The smallest absolute Gasteiger partial charge is 0.410 e. The van der Waals surface area contributed by atoms with E-state index in [1.165, 1.54) is 4.90 Å². The number of carbonyl (C=O) groups is 2. The van der Waals surface area contributed by atoms with Crippen LogP contribution < -0.4 is 5.73 Å². The molecule has 1 aliphatic rings. The Morgan fingerprint density at radius 2 is 2.05 bits per heavy atom. The predicted octanol–water partition coefficient (Wildman–Crippen LogP) is 1.44. The van der Waals surface area contributed by atoms with E-state index in [0.29, 0.717) is 19.4 Å². The van der Waals surface area contributed by atoms with Crippen molar-refractivity contribution in [3.8, 4) is 0 Å². The molecule has 1 rings (SSSR count). The molecule has 0 aliphatic carbocycles. The Kier molecular flexibility index (Phi) is 4.45. The van der Waals surface area contributed by atoms with Crippen LogP contribution in [0.25, 0.3) is 0 Å². The number of carboxylic acid groups (broad SMARTS) is 1. The van der Waals surface area contributed by atoms with Crippen molar-refractivity contribution in [1.82, 2.24) is 4.90 Å². The summed E-state index contributed by atoms with van der Waals surface area (Å²) < 4.78 is 5.28. The Labute approximate surface area is 113 Å². The van der Waals surface area contributed by atoms with E-state index in [0.717, 1.165) is 0 Å². The highest BCUT2D eigenvalue weighted by molar-refractivity contribution is 5.78. The van der Waals surface area contributed by atoms with Crippen molar-refractivity contribution in [3.63, 3.8) is 0 Å². The van der Waals surface area contributed by atoms with Crippen molar-refractivity contribution < 1.29 is 19.4 Å². The van der Waals surface area contributed by atoms with Crippen molar-refractivity contribution >= 4 is 12.1 Å². The Bertz CT molecular complexity index is 364. The summed E-state index contributed by atoms with van der Waals surface area (Å²) in [6.07, 6.45) is 0.390. The molecule has 0 aromatic carbocycles. The van der Waals surface area contributed by atoms with Gasteiger partial charge >= 0.3 is 12.1 Å². The zero-order chi connectivity index (χ0) is 14.8. The second kappa shape index (κ2) is 5.36. The van der Waals surface area contributed by atoms with Crippen molar-refractivity contribution in [2.24, 2.45) is 11.1 Å². The van der Waals surface area contributed by atoms with E-state index in [1.807, 2.05) is 0 Å². The Morgan fingerprint density at radius 1 is 1.47 bits per heavy atom.